The molecule has 0 aliphatic heterocycles. The summed E-state index contributed by atoms with van der Waals surface area (Å²) in [5.74, 6) is 1.38. The van der Waals surface area contributed by atoms with E-state index in [4.69, 9.17) is 0 Å². The highest BCUT2D eigenvalue weighted by atomic mass is 32.2. The van der Waals surface area contributed by atoms with Crippen molar-refractivity contribution in [2.45, 2.75) is 49.9 Å². The first-order chi connectivity index (χ1) is 13.5. The average molecular weight is 397 g/mol. The Morgan fingerprint density at radius 1 is 1.21 bits per heavy atom. The van der Waals surface area contributed by atoms with Gasteiger partial charge in [-0.05, 0) is 45.7 Å². The van der Waals surface area contributed by atoms with E-state index in [0.29, 0.717) is 5.92 Å². The second kappa shape index (κ2) is 7.43. The van der Waals surface area contributed by atoms with Crippen LogP contribution in [-0.4, -0.2) is 35.7 Å². The summed E-state index contributed by atoms with van der Waals surface area (Å²) < 4.78 is 3.86. The van der Waals surface area contributed by atoms with Gasteiger partial charge in [0.05, 0.1) is 22.3 Å². The van der Waals surface area contributed by atoms with Crippen LogP contribution in [0.5, 0.6) is 0 Å². The Balaban J connectivity index is 1.56. The fourth-order valence-electron chi connectivity index (χ4n) is 3.17. The first-order valence-electron chi connectivity index (χ1n) is 9.44. The third kappa shape index (κ3) is 3.56. The van der Waals surface area contributed by atoms with Gasteiger partial charge in [0.2, 0.25) is 5.91 Å². The maximum atomic E-state index is 12.8. The molecule has 1 N–H and O–H groups in total. The summed E-state index contributed by atoms with van der Waals surface area (Å²) in [6, 6.07) is 10.1. The highest BCUT2D eigenvalue weighted by molar-refractivity contribution is 8.00. The van der Waals surface area contributed by atoms with Gasteiger partial charge in [0, 0.05) is 18.7 Å². The van der Waals surface area contributed by atoms with Crippen LogP contribution >= 0.6 is 11.8 Å². The van der Waals surface area contributed by atoms with E-state index in [0.717, 1.165) is 46.6 Å². The van der Waals surface area contributed by atoms with Crippen molar-refractivity contribution in [2.75, 3.05) is 5.32 Å². The molecule has 28 heavy (non-hydrogen) atoms. The second-order valence-corrected chi connectivity index (χ2v) is 8.51. The highest BCUT2D eigenvalue weighted by Gasteiger charge is 2.32. The lowest BCUT2D eigenvalue weighted by Crippen LogP contribution is -2.23. The number of hydrogen-bond donors (Lipinski definition) is 1. The number of para-hydroxylation sites is 1. The standard InChI is InChI=1S/C20H24N6OS/c1-12-17(13(2)25(4)24-12)21-19(27)14(3)28-20-23-22-18(15-10-11-15)26(20)16-8-6-5-7-9-16/h5-9,14-15H,10-11H2,1-4H3,(H,21,27)/t14-/m1/s1. The van der Waals surface area contributed by atoms with Crippen LogP contribution in [0.25, 0.3) is 5.69 Å². The Labute approximate surface area is 168 Å². The third-order valence-corrected chi connectivity index (χ3v) is 6.07. The molecular formula is C20H24N6OS. The molecule has 0 radical (unpaired) electrons. The highest BCUT2D eigenvalue weighted by Crippen LogP contribution is 2.41. The molecule has 1 aliphatic rings. The topological polar surface area (TPSA) is 77.6 Å². The maximum Gasteiger partial charge on any atom is 0.237 e. The smallest absolute Gasteiger partial charge is 0.237 e. The summed E-state index contributed by atoms with van der Waals surface area (Å²) in [6.45, 7) is 5.73. The minimum Gasteiger partial charge on any atom is -0.322 e. The normalized spacial score (nSPS) is 14.9. The van der Waals surface area contributed by atoms with Gasteiger partial charge in [-0.1, -0.05) is 30.0 Å². The second-order valence-electron chi connectivity index (χ2n) is 7.20. The molecule has 146 valence electrons. The molecule has 0 unspecified atom stereocenters. The molecule has 0 bridgehead atoms. The Hall–Kier alpha value is -2.61. The van der Waals surface area contributed by atoms with Gasteiger partial charge in [0.15, 0.2) is 5.16 Å². The van der Waals surface area contributed by atoms with Gasteiger partial charge in [-0.25, -0.2) is 0 Å². The lowest BCUT2D eigenvalue weighted by atomic mass is 10.3. The fourth-order valence-corrected chi connectivity index (χ4v) is 4.05. The molecule has 2 heterocycles. The van der Waals surface area contributed by atoms with Crippen molar-refractivity contribution in [1.82, 2.24) is 24.5 Å². The minimum absolute atomic E-state index is 0.0696. The SMILES string of the molecule is Cc1nn(C)c(C)c1NC(=O)[C@@H](C)Sc1nnc(C2CC2)n1-c1ccccc1. The van der Waals surface area contributed by atoms with Gasteiger partial charge in [0.25, 0.3) is 0 Å². The van der Waals surface area contributed by atoms with Crippen molar-refractivity contribution in [3.63, 3.8) is 0 Å². The lowest BCUT2D eigenvalue weighted by molar-refractivity contribution is -0.115. The minimum atomic E-state index is -0.322. The van der Waals surface area contributed by atoms with Crippen LogP contribution in [0.3, 0.4) is 0 Å². The summed E-state index contributed by atoms with van der Waals surface area (Å²) >= 11 is 1.43. The fraction of sp³-hybridized carbons (Fsp3) is 0.400. The van der Waals surface area contributed by atoms with Crippen molar-refractivity contribution in [1.29, 1.82) is 0 Å². The first-order valence-corrected chi connectivity index (χ1v) is 10.3. The number of thioether (sulfide) groups is 1. The number of rotatable bonds is 6. The van der Waals surface area contributed by atoms with Gasteiger partial charge in [0.1, 0.15) is 5.82 Å². The molecule has 1 atom stereocenters. The van der Waals surface area contributed by atoms with Crippen molar-refractivity contribution in [3.05, 3.63) is 47.5 Å². The molecule has 1 aliphatic carbocycles. The number of anilines is 1. The van der Waals surface area contributed by atoms with Crippen LogP contribution in [-0.2, 0) is 11.8 Å². The van der Waals surface area contributed by atoms with Crippen LogP contribution in [0.2, 0.25) is 0 Å². The maximum absolute atomic E-state index is 12.8. The largest absolute Gasteiger partial charge is 0.322 e. The van der Waals surface area contributed by atoms with E-state index in [9.17, 15) is 4.79 Å². The molecule has 3 aromatic rings. The number of nitrogens with zero attached hydrogens (tertiary/aromatic N) is 5. The van der Waals surface area contributed by atoms with E-state index < -0.39 is 0 Å². The summed E-state index contributed by atoms with van der Waals surface area (Å²) in [4.78, 5) is 12.8. The van der Waals surface area contributed by atoms with E-state index >= 15 is 0 Å². The molecule has 0 saturated heterocycles. The summed E-state index contributed by atoms with van der Waals surface area (Å²) in [5.41, 5.74) is 3.56. The van der Waals surface area contributed by atoms with Gasteiger partial charge in [-0.2, -0.15) is 5.10 Å². The van der Waals surface area contributed by atoms with Crippen LogP contribution in [0.15, 0.2) is 35.5 Å². The van der Waals surface area contributed by atoms with Crippen molar-refractivity contribution in [2.24, 2.45) is 7.05 Å². The number of benzene rings is 1. The molecule has 7 nitrogen and oxygen atoms in total. The van der Waals surface area contributed by atoms with Gasteiger partial charge >= 0.3 is 0 Å². The number of hydrogen-bond acceptors (Lipinski definition) is 5. The predicted molar refractivity (Wildman–Crippen MR) is 110 cm³/mol. The number of carbonyl (C=O) groups excluding carboxylic acids is 1. The van der Waals surface area contributed by atoms with Crippen molar-refractivity contribution in [3.8, 4) is 5.69 Å². The quantitative estimate of drug-likeness (QED) is 0.644. The molecule has 1 fully saturated rings. The van der Waals surface area contributed by atoms with Crippen LogP contribution in [0, 0.1) is 13.8 Å². The zero-order valence-electron chi connectivity index (χ0n) is 16.5. The van der Waals surface area contributed by atoms with Gasteiger partial charge in [-0.15, -0.1) is 10.2 Å². The molecular weight excluding hydrogens is 372 g/mol. The van der Waals surface area contributed by atoms with Crippen LogP contribution < -0.4 is 5.32 Å². The summed E-state index contributed by atoms with van der Waals surface area (Å²) in [7, 11) is 1.87. The summed E-state index contributed by atoms with van der Waals surface area (Å²) in [6.07, 6.45) is 2.29. The number of carbonyl (C=O) groups is 1. The molecule has 1 amide bonds. The van der Waals surface area contributed by atoms with Crippen LogP contribution in [0.1, 0.15) is 42.9 Å². The predicted octanol–water partition coefficient (Wildman–Crippen LogP) is 3.61. The number of nitrogens with one attached hydrogen (secondary N) is 1. The first kappa shape index (κ1) is 18.7. The molecule has 4 rings (SSSR count). The number of aryl methyl sites for hydroxylation is 2. The molecule has 0 spiro atoms. The van der Waals surface area contributed by atoms with Crippen molar-refractivity contribution < 1.29 is 4.79 Å². The summed E-state index contributed by atoms with van der Waals surface area (Å²) in [5, 5.41) is 16.6. The Kier molecular flexibility index (Phi) is 4.97. The lowest BCUT2D eigenvalue weighted by Gasteiger charge is -2.14. The molecule has 2 aromatic heterocycles. The van der Waals surface area contributed by atoms with Crippen molar-refractivity contribution >= 4 is 23.4 Å². The monoisotopic (exact) mass is 396 g/mol. The molecule has 1 saturated carbocycles. The van der Waals surface area contributed by atoms with E-state index in [2.05, 4.69) is 25.2 Å². The van der Waals surface area contributed by atoms with Gasteiger partial charge < -0.3 is 5.32 Å². The molecule has 8 heteroatoms. The third-order valence-electron chi connectivity index (χ3n) is 5.02. The Bertz CT molecular complexity index is 1010. The van der Waals surface area contributed by atoms with Crippen LogP contribution in [0.4, 0.5) is 5.69 Å². The average Bonchev–Trinajstić information content (AvgIpc) is 3.41. The Morgan fingerprint density at radius 2 is 1.93 bits per heavy atom. The van der Waals surface area contributed by atoms with E-state index in [1.54, 1.807) is 4.68 Å². The van der Waals surface area contributed by atoms with E-state index in [1.165, 1.54) is 11.8 Å². The van der Waals surface area contributed by atoms with Gasteiger partial charge in [-0.3, -0.25) is 14.0 Å². The zero-order chi connectivity index (χ0) is 19.8. The Morgan fingerprint density at radius 3 is 2.54 bits per heavy atom. The number of amides is 1. The number of aromatic nitrogens is 5. The molecule has 1 aromatic carbocycles. The zero-order valence-corrected chi connectivity index (χ0v) is 17.3. The van der Waals surface area contributed by atoms with E-state index in [1.807, 2.05) is 58.2 Å². The van der Waals surface area contributed by atoms with E-state index in [-0.39, 0.29) is 11.2 Å².